The van der Waals surface area contributed by atoms with Gasteiger partial charge in [-0.3, -0.25) is 0 Å². The number of aromatic hydroxyl groups is 1. The van der Waals surface area contributed by atoms with Gasteiger partial charge in [-0.2, -0.15) is 0 Å². The standard InChI is InChI=1S/C21H22N2O2/c1-16(25-15-17-5-3-2-4-6-17)7-12-21-22-13-19(14-23-21)18-8-10-20(24)11-9-18/h2-6,8-11,13-14,16,24H,7,12,15H2,1H3. The summed E-state index contributed by atoms with van der Waals surface area (Å²) in [7, 11) is 0. The van der Waals surface area contributed by atoms with Crippen molar-refractivity contribution in [1.82, 2.24) is 9.97 Å². The number of benzene rings is 2. The molecule has 1 atom stereocenters. The first kappa shape index (κ1) is 17.1. The highest BCUT2D eigenvalue weighted by atomic mass is 16.5. The number of hydrogen-bond donors (Lipinski definition) is 1. The maximum Gasteiger partial charge on any atom is 0.128 e. The van der Waals surface area contributed by atoms with Crippen molar-refractivity contribution < 1.29 is 9.84 Å². The second-order valence-corrected chi connectivity index (χ2v) is 6.08. The van der Waals surface area contributed by atoms with Crippen LogP contribution in [0.2, 0.25) is 0 Å². The highest BCUT2D eigenvalue weighted by Gasteiger charge is 2.06. The van der Waals surface area contributed by atoms with Gasteiger partial charge in [0.1, 0.15) is 11.6 Å². The van der Waals surface area contributed by atoms with Gasteiger partial charge in [-0.1, -0.05) is 42.5 Å². The van der Waals surface area contributed by atoms with Crippen molar-refractivity contribution in [2.75, 3.05) is 0 Å². The molecule has 0 radical (unpaired) electrons. The summed E-state index contributed by atoms with van der Waals surface area (Å²) in [5, 5.41) is 9.34. The van der Waals surface area contributed by atoms with Gasteiger partial charge in [0.2, 0.25) is 0 Å². The number of phenolic OH excluding ortho intramolecular Hbond substituents is 1. The average Bonchev–Trinajstić information content (AvgIpc) is 2.67. The van der Waals surface area contributed by atoms with E-state index in [0.717, 1.165) is 29.8 Å². The zero-order valence-corrected chi connectivity index (χ0v) is 14.3. The molecule has 0 aliphatic rings. The number of nitrogens with zero attached hydrogens (tertiary/aromatic N) is 2. The number of aryl methyl sites for hydroxylation is 1. The van der Waals surface area contributed by atoms with Crippen LogP contribution >= 0.6 is 0 Å². The quantitative estimate of drug-likeness (QED) is 0.696. The van der Waals surface area contributed by atoms with Crippen molar-refractivity contribution in [1.29, 1.82) is 0 Å². The highest BCUT2D eigenvalue weighted by molar-refractivity contribution is 5.62. The van der Waals surface area contributed by atoms with Crippen LogP contribution in [-0.2, 0) is 17.8 Å². The van der Waals surface area contributed by atoms with Crippen LogP contribution in [0.1, 0.15) is 24.7 Å². The summed E-state index contributed by atoms with van der Waals surface area (Å²) in [6.45, 7) is 2.70. The van der Waals surface area contributed by atoms with Gasteiger partial charge in [-0.05, 0) is 36.6 Å². The van der Waals surface area contributed by atoms with Gasteiger partial charge in [0, 0.05) is 24.4 Å². The zero-order valence-electron chi connectivity index (χ0n) is 14.3. The largest absolute Gasteiger partial charge is 0.508 e. The Balaban J connectivity index is 1.49. The van der Waals surface area contributed by atoms with Gasteiger partial charge in [0.05, 0.1) is 12.7 Å². The predicted octanol–water partition coefficient (Wildman–Crippen LogP) is 4.39. The fourth-order valence-corrected chi connectivity index (χ4v) is 2.52. The van der Waals surface area contributed by atoms with Crippen LogP contribution in [0.3, 0.4) is 0 Å². The van der Waals surface area contributed by atoms with Gasteiger partial charge in [-0.15, -0.1) is 0 Å². The molecular formula is C21H22N2O2. The summed E-state index contributed by atoms with van der Waals surface area (Å²) in [4.78, 5) is 8.88. The Bertz CT molecular complexity index is 771. The monoisotopic (exact) mass is 334 g/mol. The van der Waals surface area contributed by atoms with Crippen molar-refractivity contribution >= 4 is 0 Å². The summed E-state index contributed by atoms with van der Waals surface area (Å²) in [5.74, 6) is 1.07. The maximum atomic E-state index is 9.34. The lowest BCUT2D eigenvalue weighted by Gasteiger charge is -2.12. The second kappa shape index (κ2) is 8.40. The summed E-state index contributed by atoms with van der Waals surface area (Å²) >= 11 is 0. The lowest BCUT2D eigenvalue weighted by Crippen LogP contribution is -2.10. The normalized spacial score (nSPS) is 12.0. The van der Waals surface area contributed by atoms with Crippen LogP contribution in [0.15, 0.2) is 67.0 Å². The van der Waals surface area contributed by atoms with Crippen LogP contribution in [0.5, 0.6) is 5.75 Å². The number of aromatic nitrogens is 2. The molecule has 0 bridgehead atoms. The molecule has 4 nitrogen and oxygen atoms in total. The smallest absolute Gasteiger partial charge is 0.128 e. The van der Waals surface area contributed by atoms with Crippen molar-refractivity contribution in [2.24, 2.45) is 0 Å². The molecule has 128 valence electrons. The molecular weight excluding hydrogens is 312 g/mol. The molecule has 0 fully saturated rings. The van der Waals surface area contributed by atoms with E-state index >= 15 is 0 Å². The Kier molecular flexibility index (Phi) is 5.75. The van der Waals surface area contributed by atoms with Crippen molar-refractivity contribution in [3.05, 3.63) is 78.4 Å². The molecule has 0 aliphatic heterocycles. The molecule has 1 N–H and O–H groups in total. The summed E-state index contributed by atoms with van der Waals surface area (Å²) in [6.07, 6.45) is 5.46. The highest BCUT2D eigenvalue weighted by Crippen LogP contribution is 2.20. The van der Waals surface area contributed by atoms with Crippen LogP contribution in [-0.4, -0.2) is 21.2 Å². The number of ether oxygens (including phenoxy) is 1. The fraction of sp³-hybridized carbons (Fsp3) is 0.238. The first-order chi connectivity index (χ1) is 12.2. The third kappa shape index (κ3) is 5.13. The first-order valence-corrected chi connectivity index (χ1v) is 8.46. The molecule has 1 heterocycles. The maximum absolute atomic E-state index is 9.34. The molecule has 2 aromatic carbocycles. The van der Waals surface area contributed by atoms with Gasteiger partial charge >= 0.3 is 0 Å². The number of phenols is 1. The van der Waals surface area contributed by atoms with Crippen molar-refractivity contribution in [2.45, 2.75) is 32.5 Å². The third-order valence-electron chi connectivity index (χ3n) is 4.06. The summed E-state index contributed by atoms with van der Waals surface area (Å²) < 4.78 is 5.87. The van der Waals surface area contributed by atoms with E-state index in [9.17, 15) is 5.11 Å². The van der Waals surface area contributed by atoms with E-state index in [0.29, 0.717) is 6.61 Å². The molecule has 3 aromatic rings. The molecule has 3 rings (SSSR count). The van der Waals surface area contributed by atoms with Crippen LogP contribution < -0.4 is 0 Å². The minimum absolute atomic E-state index is 0.153. The van der Waals surface area contributed by atoms with E-state index in [4.69, 9.17) is 4.74 Å². The molecule has 4 heteroatoms. The van der Waals surface area contributed by atoms with E-state index in [1.54, 1.807) is 12.1 Å². The lowest BCUT2D eigenvalue weighted by molar-refractivity contribution is 0.0475. The third-order valence-corrected chi connectivity index (χ3v) is 4.06. The first-order valence-electron chi connectivity index (χ1n) is 8.46. The Morgan fingerprint density at radius 3 is 2.28 bits per heavy atom. The topological polar surface area (TPSA) is 55.2 Å². The predicted molar refractivity (Wildman–Crippen MR) is 98.1 cm³/mol. The molecule has 1 aromatic heterocycles. The fourth-order valence-electron chi connectivity index (χ4n) is 2.52. The molecule has 0 amide bonds. The summed E-state index contributed by atoms with van der Waals surface area (Å²) in [6, 6.07) is 17.2. The Hall–Kier alpha value is -2.72. The van der Waals surface area contributed by atoms with Gasteiger partial charge < -0.3 is 9.84 Å². The molecule has 1 unspecified atom stereocenters. The molecule has 0 saturated heterocycles. The van der Waals surface area contributed by atoms with Crippen LogP contribution in [0, 0.1) is 0 Å². The van der Waals surface area contributed by atoms with Gasteiger partial charge in [-0.25, -0.2) is 9.97 Å². The summed E-state index contributed by atoms with van der Waals surface area (Å²) in [5.41, 5.74) is 3.12. The average molecular weight is 334 g/mol. The van der Waals surface area contributed by atoms with Crippen LogP contribution in [0.4, 0.5) is 0 Å². The molecule has 25 heavy (non-hydrogen) atoms. The van der Waals surface area contributed by atoms with E-state index in [-0.39, 0.29) is 11.9 Å². The van der Waals surface area contributed by atoms with Gasteiger partial charge in [0.15, 0.2) is 0 Å². The van der Waals surface area contributed by atoms with Gasteiger partial charge in [0.25, 0.3) is 0 Å². The Morgan fingerprint density at radius 2 is 1.60 bits per heavy atom. The molecule has 0 saturated carbocycles. The Labute approximate surface area is 148 Å². The molecule has 0 spiro atoms. The van der Waals surface area contributed by atoms with E-state index in [1.165, 1.54) is 5.56 Å². The van der Waals surface area contributed by atoms with Crippen molar-refractivity contribution in [3.63, 3.8) is 0 Å². The number of hydrogen-bond acceptors (Lipinski definition) is 4. The molecule has 0 aliphatic carbocycles. The lowest BCUT2D eigenvalue weighted by atomic mass is 10.1. The minimum Gasteiger partial charge on any atom is -0.508 e. The van der Waals surface area contributed by atoms with Crippen LogP contribution in [0.25, 0.3) is 11.1 Å². The van der Waals surface area contributed by atoms with E-state index < -0.39 is 0 Å². The minimum atomic E-state index is 0.153. The van der Waals surface area contributed by atoms with E-state index in [2.05, 4.69) is 29.0 Å². The second-order valence-electron chi connectivity index (χ2n) is 6.08. The van der Waals surface area contributed by atoms with E-state index in [1.807, 2.05) is 42.7 Å². The SMILES string of the molecule is CC(CCc1ncc(-c2ccc(O)cc2)cn1)OCc1ccccc1. The van der Waals surface area contributed by atoms with Crippen molar-refractivity contribution in [3.8, 4) is 16.9 Å². The number of rotatable bonds is 7. The zero-order chi connectivity index (χ0) is 17.5. The Morgan fingerprint density at radius 1 is 0.920 bits per heavy atom.